The molecule has 1 heterocycles. The number of carbonyl (C=O) groups excluding carboxylic acids is 3. The Bertz CT molecular complexity index is 976. The molecule has 32 heavy (non-hydrogen) atoms. The third-order valence-electron chi connectivity index (χ3n) is 5.29. The Kier molecular flexibility index (Phi) is 7.94. The smallest absolute Gasteiger partial charge is 0.322 e. The van der Waals surface area contributed by atoms with Gasteiger partial charge < -0.3 is 25.2 Å². The van der Waals surface area contributed by atoms with Gasteiger partial charge in [-0.05, 0) is 23.8 Å². The van der Waals surface area contributed by atoms with Crippen molar-refractivity contribution < 1.29 is 19.1 Å². The number of nitrogens with zero attached hydrogens (tertiary/aromatic N) is 2. The van der Waals surface area contributed by atoms with E-state index in [0.717, 1.165) is 5.56 Å². The average Bonchev–Trinajstić information content (AvgIpc) is 2.79. The Labute approximate surface area is 192 Å². The van der Waals surface area contributed by atoms with E-state index in [0.29, 0.717) is 49.1 Å². The summed E-state index contributed by atoms with van der Waals surface area (Å²) < 4.78 is 5.38. The van der Waals surface area contributed by atoms with Crippen LogP contribution in [-0.4, -0.2) is 67.0 Å². The Morgan fingerprint density at radius 3 is 2.28 bits per heavy atom. The molecule has 9 heteroatoms. The van der Waals surface area contributed by atoms with E-state index in [9.17, 15) is 14.4 Å². The Morgan fingerprint density at radius 1 is 1.00 bits per heavy atom. The number of anilines is 1. The number of urea groups is 1. The summed E-state index contributed by atoms with van der Waals surface area (Å²) in [5.41, 5.74) is 1.38. The van der Waals surface area contributed by atoms with E-state index in [1.54, 1.807) is 41.2 Å². The monoisotopic (exact) mass is 458 g/mol. The van der Waals surface area contributed by atoms with Crippen molar-refractivity contribution in [2.75, 3.05) is 38.6 Å². The summed E-state index contributed by atoms with van der Waals surface area (Å²) in [6, 6.07) is 13.5. The van der Waals surface area contributed by atoms with Gasteiger partial charge in [0.05, 0.1) is 17.8 Å². The molecule has 0 saturated carbocycles. The predicted molar refractivity (Wildman–Crippen MR) is 123 cm³/mol. The molecule has 1 fully saturated rings. The maximum Gasteiger partial charge on any atom is 0.322 e. The summed E-state index contributed by atoms with van der Waals surface area (Å²) in [5.74, 6) is 0.199. The number of hydrogen-bond donors (Lipinski definition) is 2. The molecule has 170 valence electrons. The number of carbonyl (C=O) groups is 3. The average molecular weight is 459 g/mol. The number of methoxy groups -OCH3 is 1. The second kappa shape index (κ2) is 10.9. The first-order chi connectivity index (χ1) is 15.4. The van der Waals surface area contributed by atoms with Crippen LogP contribution >= 0.6 is 11.6 Å². The SMILES string of the molecule is COc1ccccc1C[C@H](NC(C)=O)C(=O)N1CCN(C(=O)Nc2ccccc2Cl)CC1. The van der Waals surface area contributed by atoms with Gasteiger partial charge in [0.25, 0.3) is 0 Å². The molecule has 0 bridgehead atoms. The highest BCUT2D eigenvalue weighted by Gasteiger charge is 2.30. The van der Waals surface area contributed by atoms with E-state index < -0.39 is 6.04 Å². The van der Waals surface area contributed by atoms with Crippen molar-refractivity contribution in [1.29, 1.82) is 0 Å². The molecule has 1 atom stereocenters. The lowest BCUT2D eigenvalue weighted by molar-refractivity contribution is -0.137. The molecule has 1 aliphatic heterocycles. The molecule has 0 radical (unpaired) electrons. The lowest BCUT2D eigenvalue weighted by Gasteiger charge is -2.36. The summed E-state index contributed by atoms with van der Waals surface area (Å²) in [7, 11) is 1.57. The normalized spacial score (nSPS) is 14.5. The number of para-hydroxylation sites is 2. The van der Waals surface area contributed by atoms with Gasteiger partial charge in [-0.15, -0.1) is 0 Å². The van der Waals surface area contributed by atoms with Crippen LogP contribution in [0.1, 0.15) is 12.5 Å². The van der Waals surface area contributed by atoms with Crippen LogP contribution < -0.4 is 15.4 Å². The molecule has 0 aromatic heterocycles. The minimum Gasteiger partial charge on any atom is -0.496 e. The standard InChI is InChI=1S/C23H27ClN4O4/c1-16(29)25-20(15-17-7-3-6-10-21(17)32-2)22(30)27-11-13-28(14-12-27)23(31)26-19-9-5-4-8-18(19)24/h3-10,20H,11-15H2,1-2H3,(H,25,29)(H,26,31)/t20-/m0/s1. The number of ether oxygens (including phenoxy) is 1. The highest BCUT2D eigenvalue weighted by molar-refractivity contribution is 6.33. The molecule has 3 rings (SSSR count). The van der Waals surface area contributed by atoms with Crippen LogP contribution in [0.4, 0.5) is 10.5 Å². The first kappa shape index (κ1) is 23.4. The van der Waals surface area contributed by atoms with Gasteiger partial charge in [0.15, 0.2) is 0 Å². The number of amides is 4. The molecule has 2 aromatic carbocycles. The van der Waals surface area contributed by atoms with Gasteiger partial charge in [0, 0.05) is 39.5 Å². The van der Waals surface area contributed by atoms with Crippen LogP contribution in [0, 0.1) is 0 Å². The second-order valence-electron chi connectivity index (χ2n) is 7.49. The first-order valence-corrected chi connectivity index (χ1v) is 10.7. The number of hydrogen-bond acceptors (Lipinski definition) is 4. The van der Waals surface area contributed by atoms with Crippen molar-refractivity contribution >= 4 is 35.1 Å². The lowest BCUT2D eigenvalue weighted by atomic mass is 10.0. The largest absolute Gasteiger partial charge is 0.496 e. The quantitative estimate of drug-likeness (QED) is 0.696. The molecule has 1 aliphatic rings. The molecule has 2 aromatic rings. The number of halogens is 1. The fraction of sp³-hybridized carbons (Fsp3) is 0.348. The van der Waals surface area contributed by atoms with Gasteiger partial charge in [-0.3, -0.25) is 9.59 Å². The predicted octanol–water partition coefficient (Wildman–Crippen LogP) is 2.77. The Morgan fingerprint density at radius 2 is 1.62 bits per heavy atom. The lowest BCUT2D eigenvalue weighted by Crippen LogP contribution is -2.56. The van der Waals surface area contributed by atoms with Crippen molar-refractivity contribution in [2.45, 2.75) is 19.4 Å². The van der Waals surface area contributed by atoms with Gasteiger partial charge in [0.2, 0.25) is 11.8 Å². The zero-order valence-electron chi connectivity index (χ0n) is 18.1. The van der Waals surface area contributed by atoms with E-state index in [4.69, 9.17) is 16.3 Å². The summed E-state index contributed by atoms with van der Waals surface area (Å²) in [4.78, 5) is 40.8. The van der Waals surface area contributed by atoms with Crippen LogP contribution in [0.15, 0.2) is 48.5 Å². The van der Waals surface area contributed by atoms with Crippen molar-refractivity contribution in [1.82, 2.24) is 15.1 Å². The van der Waals surface area contributed by atoms with Crippen LogP contribution in [0.2, 0.25) is 5.02 Å². The minimum absolute atomic E-state index is 0.183. The number of nitrogens with one attached hydrogen (secondary N) is 2. The van der Waals surface area contributed by atoms with E-state index >= 15 is 0 Å². The number of piperazine rings is 1. The number of rotatable bonds is 6. The zero-order valence-corrected chi connectivity index (χ0v) is 18.9. The van der Waals surface area contributed by atoms with E-state index in [1.165, 1.54) is 6.92 Å². The molecular formula is C23H27ClN4O4. The molecule has 0 spiro atoms. The first-order valence-electron chi connectivity index (χ1n) is 10.4. The summed E-state index contributed by atoms with van der Waals surface area (Å²) in [5, 5.41) is 6.02. The molecule has 0 unspecified atom stereocenters. The summed E-state index contributed by atoms with van der Waals surface area (Å²) in [6.07, 6.45) is 0.315. The molecular weight excluding hydrogens is 432 g/mol. The van der Waals surface area contributed by atoms with Crippen molar-refractivity contribution in [3.63, 3.8) is 0 Å². The fourth-order valence-electron chi connectivity index (χ4n) is 3.64. The second-order valence-corrected chi connectivity index (χ2v) is 7.90. The van der Waals surface area contributed by atoms with Crippen LogP contribution in [0.3, 0.4) is 0 Å². The van der Waals surface area contributed by atoms with Crippen LogP contribution in [0.5, 0.6) is 5.75 Å². The zero-order chi connectivity index (χ0) is 23.1. The minimum atomic E-state index is -0.715. The topological polar surface area (TPSA) is 91.0 Å². The highest BCUT2D eigenvalue weighted by Crippen LogP contribution is 2.22. The van der Waals surface area contributed by atoms with Crippen LogP contribution in [-0.2, 0) is 16.0 Å². The van der Waals surface area contributed by atoms with Gasteiger partial charge in [-0.1, -0.05) is 41.9 Å². The van der Waals surface area contributed by atoms with Gasteiger partial charge in [-0.25, -0.2) is 4.79 Å². The van der Waals surface area contributed by atoms with Crippen LogP contribution in [0.25, 0.3) is 0 Å². The maximum atomic E-state index is 13.2. The summed E-state index contributed by atoms with van der Waals surface area (Å²) in [6.45, 7) is 2.89. The molecule has 0 aliphatic carbocycles. The molecule has 1 saturated heterocycles. The third-order valence-corrected chi connectivity index (χ3v) is 5.62. The van der Waals surface area contributed by atoms with Crippen molar-refractivity contribution in [2.24, 2.45) is 0 Å². The maximum absolute atomic E-state index is 13.2. The molecule has 4 amide bonds. The van der Waals surface area contributed by atoms with E-state index in [-0.39, 0.29) is 17.8 Å². The van der Waals surface area contributed by atoms with Crippen molar-refractivity contribution in [3.05, 3.63) is 59.1 Å². The van der Waals surface area contributed by atoms with Gasteiger partial charge >= 0.3 is 6.03 Å². The Hall–Kier alpha value is -3.26. The summed E-state index contributed by atoms with van der Waals surface area (Å²) >= 11 is 6.11. The van der Waals surface area contributed by atoms with Gasteiger partial charge in [0.1, 0.15) is 11.8 Å². The van der Waals surface area contributed by atoms with Gasteiger partial charge in [-0.2, -0.15) is 0 Å². The molecule has 8 nitrogen and oxygen atoms in total. The third kappa shape index (κ3) is 5.91. The van der Waals surface area contributed by atoms with E-state index in [2.05, 4.69) is 10.6 Å². The Balaban J connectivity index is 1.61. The highest BCUT2D eigenvalue weighted by atomic mass is 35.5. The number of benzene rings is 2. The van der Waals surface area contributed by atoms with E-state index in [1.807, 2.05) is 24.3 Å². The molecule has 2 N–H and O–H groups in total. The van der Waals surface area contributed by atoms with Crippen molar-refractivity contribution in [3.8, 4) is 5.75 Å². The fourth-order valence-corrected chi connectivity index (χ4v) is 3.83.